The maximum Gasteiger partial charge on any atom is 0.0497 e. The maximum absolute atomic E-state index is 4.61. The molecule has 2 heterocycles. The number of nitrogens with zero attached hydrogens (tertiary/aromatic N) is 3. The van der Waals surface area contributed by atoms with E-state index >= 15 is 0 Å². The van der Waals surface area contributed by atoms with Gasteiger partial charge < -0.3 is 9.80 Å². The Kier molecular flexibility index (Phi) is 4.59. The number of pyridine rings is 1. The predicted octanol–water partition coefficient (Wildman–Crippen LogP) is 2.64. The first kappa shape index (κ1) is 14.1. The van der Waals surface area contributed by atoms with Gasteiger partial charge in [-0.05, 0) is 64.5 Å². The van der Waals surface area contributed by atoms with Gasteiger partial charge in [0.05, 0.1) is 0 Å². The average Bonchev–Trinajstić information content (AvgIpc) is 2.69. The van der Waals surface area contributed by atoms with Gasteiger partial charge in [-0.1, -0.05) is 0 Å². The molecule has 1 aromatic heterocycles. The summed E-state index contributed by atoms with van der Waals surface area (Å²) in [5, 5.41) is 0. The summed E-state index contributed by atoms with van der Waals surface area (Å²) in [5.74, 6) is 0. The first-order chi connectivity index (χ1) is 9.09. The van der Waals surface area contributed by atoms with E-state index in [-0.39, 0.29) is 0 Å². The van der Waals surface area contributed by atoms with Gasteiger partial charge in [0.15, 0.2) is 0 Å². The lowest BCUT2D eigenvalue weighted by Crippen LogP contribution is -2.16. The number of aromatic nitrogens is 1. The molecule has 0 radical (unpaired) electrons. The third-order valence-electron chi connectivity index (χ3n) is 3.77. The van der Waals surface area contributed by atoms with E-state index in [1.54, 1.807) is 0 Å². The molecule has 0 unspecified atom stereocenters. The Balaban J connectivity index is 2.19. The van der Waals surface area contributed by atoms with Crippen LogP contribution in [0.1, 0.15) is 31.0 Å². The van der Waals surface area contributed by atoms with Crippen LogP contribution in [0, 0.1) is 0 Å². The normalized spacial score (nSPS) is 15.7. The zero-order valence-corrected chi connectivity index (χ0v) is 12.6. The molecule has 0 spiro atoms. The number of aryl methyl sites for hydroxylation is 1. The van der Waals surface area contributed by atoms with Crippen LogP contribution in [0.5, 0.6) is 0 Å². The monoisotopic (exact) mass is 259 g/mol. The van der Waals surface area contributed by atoms with Gasteiger partial charge in [-0.15, -0.1) is 0 Å². The second kappa shape index (κ2) is 6.20. The molecule has 3 nitrogen and oxygen atoms in total. The van der Waals surface area contributed by atoms with Crippen molar-refractivity contribution in [1.29, 1.82) is 0 Å². The molecule has 19 heavy (non-hydrogen) atoms. The Labute approximate surface area is 116 Å². The largest absolute Gasteiger partial charge is 0.374 e. The van der Waals surface area contributed by atoms with E-state index in [2.05, 4.69) is 55.0 Å². The van der Waals surface area contributed by atoms with E-state index < -0.39 is 0 Å². The minimum Gasteiger partial charge on any atom is -0.374 e. The van der Waals surface area contributed by atoms with Gasteiger partial charge in [0.2, 0.25) is 0 Å². The van der Waals surface area contributed by atoms with E-state index in [1.807, 2.05) is 6.20 Å². The van der Waals surface area contributed by atoms with Crippen molar-refractivity contribution in [2.24, 2.45) is 0 Å². The van der Waals surface area contributed by atoms with Crippen LogP contribution in [0.4, 0.5) is 0 Å². The molecule has 1 aliphatic rings. The lowest BCUT2D eigenvalue weighted by atomic mass is 10.0. The second-order valence-corrected chi connectivity index (χ2v) is 5.70. The Morgan fingerprint density at radius 2 is 2.16 bits per heavy atom. The first-order valence-electron chi connectivity index (χ1n) is 7.09. The zero-order valence-electron chi connectivity index (χ0n) is 12.6. The molecule has 2 rings (SSSR count). The van der Waals surface area contributed by atoms with Gasteiger partial charge in [-0.2, -0.15) is 0 Å². The minimum absolute atomic E-state index is 1.05. The standard InChI is InChI=1S/C16H25N3/c1-13-9-12-19(4)16(13)14-7-5-10-17-15(14)8-6-11-18(2)3/h5,7,10H,6,8-9,11-12H2,1-4H3. The van der Waals surface area contributed by atoms with Crippen LogP contribution in [-0.4, -0.2) is 49.0 Å². The average molecular weight is 259 g/mol. The molecule has 1 aromatic rings. The quantitative estimate of drug-likeness (QED) is 0.810. The Hall–Kier alpha value is -1.35. The molecule has 0 aliphatic carbocycles. The minimum atomic E-state index is 1.05. The Morgan fingerprint density at radius 3 is 2.79 bits per heavy atom. The molecule has 0 amide bonds. The second-order valence-electron chi connectivity index (χ2n) is 5.70. The highest BCUT2D eigenvalue weighted by Gasteiger charge is 2.20. The van der Waals surface area contributed by atoms with E-state index in [4.69, 9.17) is 0 Å². The molecule has 0 bridgehead atoms. The molecular formula is C16H25N3. The summed E-state index contributed by atoms with van der Waals surface area (Å²) < 4.78 is 0. The van der Waals surface area contributed by atoms with Crippen LogP contribution in [0.15, 0.2) is 23.9 Å². The van der Waals surface area contributed by atoms with Crippen LogP contribution in [0.3, 0.4) is 0 Å². The summed E-state index contributed by atoms with van der Waals surface area (Å²) in [6.07, 6.45) is 5.31. The molecular weight excluding hydrogens is 234 g/mol. The van der Waals surface area contributed by atoms with Crippen molar-refractivity contribution in [1.82, 2.24) is 14.8 Å². The highest BCUT2D eigenvalue weighted by Crippen LogP contribution is 2.31. The third-order valence-corrected chi connectivity index (χ3v) is 3.77. The summed E-state index contributed by atoms with van der Waals surface area (Å²) >= 11 is 0. The molecule has 104 valence electrons. The lowest BCUT2D eigenvalue weighted by Gasteiger charge is -2.19. The van der Waals surface area contributed by atoms with Gasteiger partial charge in [0, 0.05) is 36.7 Å². The molecule has 0 aromatic carbocycles. The van der Waals surface area contributed by atoms with Crippen molar-refractivity contribution < 1.29 is 0 Å². The van der Waals surface area contributed by atoms with Crippen molar-refractivity contribution in [3.63, 3.8) is 0 Å². The fourth-order valence-corrected chi connectivity index (χ4v) is 2.74. The molecule has 0 saturated heterocycles. The summed E-state index contributed by atoms with van der Waals surface area (Å²) in [6, 6.07) is 4.27. The molecule has 3 heteroatoms. The van der Waals surface area contributed by atoms with E-state index in [9.17, 15) is 0 Å². The van der Waals surface area contributed by atoms with E-state index in [0.29, 0.717) is 0 Å². The van der Waals surface area contributed by atoms with Gasteiger partial charge in [0.25, 0.3) is 0 Å². The van der Waals surface area contributed by atoms with Crippen molar-refractivity contribution >= 4 is 5.70 Å². The molecule has 1 aliphatic heterocycles. The van der Waals surface area contributed by atoms with Gasteiger partial charge in [-0.3, -0.25) is 4.98 Å². The van der Waals surface area contributed by atoms with Crippen LogP contribution >= 0.6 is 0 Å². The smallest absolute Gasteiger partial charge is 0.0497 e. The fraction of sp³-hybridized carbons (Fsp3) is 0.562. The van der Waals surface area contributed by atoms with Crippen LogP contribution < -0.4 is 0 Å². The van der Waals surface area contributed by atoms with Crippen LogP contribution in [0.2, 0.25) is 0 Å². The van der Waals surface area contributed by atoms with E-state index in [1.165, 1.54) is 28.9 Å². The van der Waals surface area contributed by atoms with Crippen molar-refractivity contribution in [2.45, 2.75) is 26.2 Å². The predicted molar refractivity (Wildman–Crippen MR) is 81.0 cm³/mol. The molecule has 0 fully saturated rings. The molecule has 0 saturated carbocycles. The van der Waals surface area contributed by atoms with Crippen molar-refractivity contribution in [3.05, 3.63) is 35.2 Å². The maximum atomic E-state index is 4.61. The van der Waals surface area contributed by atoms with Gasteiger partial charge in [-0.25, -0.2) is 0 Å². The Morgan fingerprint density at radius 1 is 1.37 bits per heavy atom. The van der Waals surface area contributed by atoms with Crippen LogP contribution in [0.25, 0.3) is 5.70 Å². The highest BCUT2D eigenvalue weighted by molar-refractivity contribution is 5.70. The summed E-state index contributed by atoms with van der Waals surface area (Å²) in [5.41, 5.74) is 5.46. The summed E-state index contributed by atoms with van der Waals surface area (Å²) in [7, 11) is 6.43. The summed E-state index contributed by atoms with van der Waals surface area (Å²) in [4.78, 5) is 9.20. The fourth-order valence-electron chi connectivity index (χ4n) is 2.74. The lowest BCUT2D eigenvalue weighted by molar-refractivity contribution is 0.399. The number of hydrogen-bond donors (Lipinski definition) is 0. The Bertz CT molecular complexity index is 463. The van der Waals surface area contributed by atoms with E-state index in [0.717, 1.165) is 25.9 Å². The molecule has 0 atom stereocenters. The van der Waals surface area contributed by atoms with Crippen molar-refractivity contribution in [2.75, 3.05) is 34.2 Å². The van der Waals surface area contributed by atoms with Gasteiger partial charge >= 0.3 is 0 Å². The van der Waals surface area contributed by atoms with Crippen molar-refractivity contribution in [3.8, 4) is 0 Å². The van der Waals surface area contributed by atoms with Gasteiger partial charge in [0.1, 0.15) is 0 Å². The van der Waals surface area contributed by atoms with Crippen LogP contribution in [-0.2, 0) is 6.42 Å². The zero-order chi connectivity index (χ0) is 13.8. The number of hydrogen-bond acceptors (Lipinski definition) is 3. The molecule has 0 N–H and O–H groups in total. The summed E-state index contributed by atoms with van der Waals surface area (Å²) in [6.45, 7) is 4.49. The third kappa shape index (κ3) is 3.35. The topological polar surface area (TPSA) is 19.4 Å². The number of rotatable bonds is 5. The first-order valence-corrected chi connectivity index (χ1v) is 7.09. The highest BCUT2D eigenvalue weighted by atomic mass is 15.1. The SMILES string of the molecule is CC1=C(c2cccnc2CCCN(C)C)N(C)CC1.